The SMILES string of the molecule is C/C=C(\N1CCC(CNC(=O)CCl)CC1)[C@]1(Oc2ccc(C)cc2)C[C@H]1CC. The topological polar surface area (TPSA) is 41.6 Å². The van der Waals surface area contributed by atoms with E-state index >= 15 is 0 Å². The number of halogens is 1. The molecule has 0 unspecified atom stereocenters. The van der Waals surface area contributed by atoms with Crippen molar-refractivity contribution in [2.45, 2.75) is 52.1 Å². The predicted molar refractivity (Wildman–Crippen MR) is 115 cm³/mol. The molecule has 0 bridgehead atoms. The van der Waals surface area contributed by atoms with E-state index in [0.29, 0.717) is 11.8 Å². The first-order valence-corrected chi connectivity index (χ1v) is 11.1. The van der Waals surface area contributed by atoms with Crippen LogP contribution in [-0.2, 0) is 4.79 Å². The Morgan fingerprint density at radius 3 is 2.54 bits per heavy atom. The smallest absolute Gasteiger partial charge is 0.234 e. The Balaban J connectivity index is 1.64. The molecular weight excluding hydrogens is 372 g/mol. The minimum atomic E-state index is -0.182. The summed E-state index contributed by atoms with van der Waals surface area (Å²) in [5, 5.41) is 2.93. The fourth-order valence-corrected chi connectivity index (χ4v) is 4.56. The van der Waals surface area contributed by atoms with Gasteiger partial charge in [-0.25, -0.2) is 0 Å². The lowest BCUT2D eigenvalue weighted by Gasteiger charge is -2.39. The zero-order chi connectivity index (χ0) is 20.1. The van der Waals surface area contributed by atoms with Gasteiger partial charge in [-0.2, -0.15) is 0 Å². The third-order valence-electron chi connectivity index (χ3n) is 6.23. The molecule has 1 aromatic carbocycles. The van der Waals surface area contributed by atoms with Gasteiger partial charge in [-0.05, 0) is 51.2 Å². The first kappa shape index (κ1) is 21.0. The third-order valence-corrected chi connectivity index (χ3v) is 6.48. The molecule has 1 saturated carbocycles. The molecule has 2 atom stereocenters. The van der Waals surface area contributed by atoms with E-state index < -0.39 is 0 Å². The molecule has 0 spiro atoms. The predicted octanol–water partition coefficient (Wildman–Crippen LogP) is 4.51. The fraction of sp³-hybridized carbons (Fsp3) is 0.609. The van der Waals surface area contributed by atoms with Crippen LogP contribution >= 0.6 is 11.6 Å². The minimum absolute atomic E-state index is 0.0405. The van der Waals surface area contributed by atoms with Gasteiger partial charge >= 0.3 is 0 Å². The number of nitrogens with zero attached hydrogens (tertiary/aromatic N) is 1. The Kier molecular flexibility index (Phi) is 6.92. The number of alkyl halides is 1. The summed E-state index contributed by atoms with van der Waals surface area (Å²) in [6, 6.07) is 8.40. The zero-order valence-corrected chi connectivity index (χ0v) is 18.1. The van der Waals surface area contributed by atoms with Crippen LogP contribution in [0.5, 0.6) is 5.75 Å². The zero-order valence-electron chi connectivity index (χ0n) is 17.3. The highest BCUT2D eigenvalue weighted by Gasteiger charge is 2.59. The van der Waals surface area contributed by atoms with Gasteiger partial charge in [0.2, 0.25) is 5.91 Å². The fourth-order valence-electron chi connectivity index (χ4n) is 4.47. The Labute approximate surface area is 174 Å². The molecule has 2 aliphatic rings. The molecule has 3 rings (SSSR count). The molecule has 1 saturated heterocycles. The number of aryl methyl sites for hydroxylation is 1. The molecule has 1 aliphatic heterocycles. The van der Waals surface area contributed by atoms with Gasteiger partial charge in [0.1, 0.15) is 11.6 Å². The molecule has 5 heteroatoms. The van der Waals surface area contributed by atoms with E-state index in [1.54, 1.807) is 0 Å². The number of allylic oxidation sites excluding steroid dienone is 1. The number of hydrogen-bond acceptors (Lipinski definition) is 3. The lowest BCUT2D eigenvalue weighted by atomic mass is 9.95. The van der Waals surface area contributed by atoms with Gasteiger partial charge in [-0.15, -0.1) is 11.6 Å². The van der Waals surface area contributed by atoms with E-state index in [-0.39, 0.29) is 17.4 Å². The number of nitrogens with one attached hydrogen (secondary N) is 1. The van der Waals surface area contributed by atoms with Crippen LogP contribution in [0.25, 0.3) is 0 Å². The van der Waals surface area contributed by atoms with Crippen molar-refractivity contribution in [2.24, 2.45) is 11.8 Å². The molecule has 1 aromatic rings. The quantitative estimate of drug-likeness (QED) is 0.648. The normalized spacial score (nSPS) is 25.5. The number of rotatable bonds is 8. The van der Waals surface area contributed by atoms with Crippen LogP contribution in [0.1, 0.15) is 45.1 Å². The summed E-state index contributed by atoms with van der Waals surface area (Å²) in [6.45, 7) is 9.24. The Morgan fingerprint density at radius 1 is 1.32 bits per heavy atom. The average molecular weight is 405 g/mol. The first-order valence-electron chi connectivity index (χ1n) is 10.5. The number of carbonyl (C=O) groups is 1. The van der Waals surface area contributed by atoms with Gasteiger partial charge < -0.3 is 15.0 Å². The molecule has 1 aliphatic carbocycles. The number of amides is 1. The molecule has 2 fully saturated rings. The van der Waals surface area contributed by atoms with E-state index in [1.165, 1.54) is 11.3 Å². The number of ether oxygens (including phenoxy) is 1. The highest BCUT2D eigenvalue weighted by atomic mass is 35.5. The summed E-state index contributed by atoms with van der Waals surface area (Å²) >= 11 is 5.57. The number of piperidine rings is 1. The van der Waals surface area contributed by atoms with Crippen molar-refractivity contribution in [1.82, 2.24) is 10.2 Å². The largest absolute Gasteiger partial charge is 0.481 e. The molecule has 28 heavy (non-hydrogen) atoms. The molecular formula is C23H33ClN2O2. The van der Waals surface area contributed by atoms with Crippen LogP contribution in [0.15, 0.2) is 36.0 Å². The summed E-state index contributed by atoms with van der Waals surface area (Å²) in [4.78, 5) is 13.9. The van der Waals surface area contributed by atoms with Gasteiger partial charge in [-0.1, -0.05) is 30.7 Å². The van der Waals surface area contributed by atoms with Crippen molar-refractivity contribution in [3.05, 3.63) is 41.6 Å². The molecule has 0 radical (unpaired) electrons. The maximum atomic E-state index is 11.4. The summed E-state index contributed by atoms with van der Waals surface area (Å²) in [6.07, 6.45) is 6.63. The van der Waals surface area contributed by atoms with Gasteiger partial charge in [0, 0.05) is 32.0 Å². The van der Waals surface area contributed by atoms with Crippen molar-refractivity contribution in [1.29, 1.82) is 0 Å². The second-order valence-corrected chi connectivity index (χ2v) is 8.42. The van der Waals surface area contributed by atoms with E-state index in [9.17, 15) is 4.79 Å². The van der Waals surface area contributed by atoms with Crippen molar-refractivity contribution in [2.75, 3.05) is 25.5 Å². The highest BCUT2D eigenvalue weighted by molar-refractivity contribution is 6.27. The molecule has 4 nitrogen and oxygen atoms in total. The van der Waals surface area contributed by atoms with Crippen molar-refractivity contribution in [3.63, 3.8) is 0 Å². The average Bonchev–Trinajstić information content (AvgIpc) is 3.42. The molecule has 0 aromatic heterocycles. The van der Waals surface area contributed by atoms with Gasteiger partial charge in [-0.3, -0.25) is 4.79 Å². The summed E-state index contributed by atoms with van der Waals surface area (Å²) in [5.74, 6) is 2.02. The number of hydrogen-bond donors (Lipinski definition) is 1. The Hall–Kier alpha value is -1.68. The van der Waals surface area contributed by atoms with E-state index in [4.69, 9.17) is 16.3 Å². The molecule has 1 amide bonds. The van der Waals surface area contributed by atoms with Crippen molar-refractivity contribution in [3.8, 4) is 5.75 Å². The summed E-state index contributed by atoms with van der Waals surface area (Å²) < 4.78 is 6.62. The third kappa shape index (κ3) is 4.65. The van der Waals surface area contributed by atoms with Crippen LogP contribution < -0.4 is 10.1 Å². The van der Waals surface area contributed by atoms with Crippen LogP contribution in [0.3, 0.4) is 0 Å². The maximum absolute atomic E-state index is 11.4. The monoisotopic (exact) mass is 404 g/mol. The second kappa shape index (κ2) is 9.21. The van der Waals surface area contributed by atoms with E-state index in [0.717, 1.165) is 51.1 Å². The van der Waals surface area contributed by atoms with E-state index in [2.05, 4.69) is 61.3 Å². The van der Waals surface area contributed by atoms with Crippen LogP contribution in [0, 0.1) is 18.8 Å². The summed E-state index contributed by atoms with van der Waals surface area (Å²) in [5.41, 5.74) is 2.40. The lowest BCUT2D eigenvalue weighted by molar-refractivity contribution is -0.118. The van der Waals surface area contributed by atoms with Crippen LogP contribution in [0.4, 0.5) is 0 Å². The maximum Gasteiger partial charge on any atom is 0.234 e. The molecule has 1 N–H and O–H groups in total. The van der Waals surface area contributed by atoms with Crippen LogP contribution in [0.2, 0.25) is 0 Å². The number of likely N-dealkylation sites (tertiary alicyclic amines) is 1. The lowest BCUT2D eigenvalue weighted by Crippen LogP contribution is -2.43. The Morgan fingerprint density at radius 2 is 2.00 bits per heavy atom. The first-order chi connectivity index (χ1) is 13.5. The molecule has 1 heterocycles. The van der Waals surface area contributed by atoms with Gasteiger partial charge in [0.15, 0.2) is 5.60 Å². The number of carbonyl (C=O) groups excluding carboxylic acids is 1. The van der Waals surface area contributed by atoms with Gasteiger partial charge in [0.25, 0.3) is 0 Å². The van der Waals surface area contributed by atoms with Crippen molar-refractivity contribution >= 4 is 17.5 Å². The van der Waals surface area contributed by atoms with Crippen LogP contribution in [-0.4, -0.2) is 41.9 Å². The highest BCUT2D eigenvalue weighted by Crippen LogP contribution is 2.55. The molecule has 154 valence electrons. The second-order valence-electron chi connectivity index (χ2n) is 8.16. The van der Waals surface area contributed by atoms with Crippen molar-refractivity contribution < 1.29 is 9.53 Å². The van der Waals surface area contributed by atoms with E-state index in [1.807, 2.05) is 0 Å². The summed E-state index contributed by atoms with van der Waals surface area (Å²) in [7, 11) is 0. The number of benzene rings is 1. The standard InChI is InChI=1S/C23H33ClN2O2/c1-4-19-14-23(19,28-20-8-6-17(3)7-9-20)21(5-2)26-12-10-18(11-13-26)16-25-22(27)15-24/h5-9,18-19H,4,10-16H2,1-3H3,(H,25,27)/b21-5-/t19-,23+/m1/s1. The Bertz CT molecular complexity index is 695. The van der Waals surface area contributed by atoms with Gasteiger partial charge in [0.05, 0.1) is 5.70 Å². The minimum Gasteiger partial charge on any atom is -0.481 e.